The van der Waals surface area contributed by atoms with E-state index in [1.807, 2.05) is 25.1 Å². The van der Waals surface area contributed by atoms with Gasteiger partial charge in [-0.25, -0.2) is 0 Å². The van der Waals surface area contributed by atoms with Gasteiger partial charge in [-0.1, -0.05) is 24.1 Å². The van der Waals surface area contributed by atoms with Crippen molar-refractivity contribution in [3.63, 3.8) is 0 Å². The lowest BCUT2D eigenvalue weighted by Crippen LogP contribution is -2.35. The average molecular weight is 322 g/mol. The maximum absolute atomic E-state index is 13.1. The molecule has 0 N–H and O–H groups in total. The predicted octanol–water partition coefficient (Wildman–Crippen LogP) is 2.26. The topological polar surface area (TPSA) is 52.6 Å². The Morgan fingerprint density at radius 3 is 2.71 bits per heavy atom. The summed E-state index contributed by atoms with van der Waals surface area (Å²) in [4.78, 5) is 26.0. The molecule has 1 unspecified atom stereocenters. The molecule has 1 aromatic rings. The Morgan fingerprint density at radius 1 is 1.25 bits per heavy atom. The van der Waals surface area contributed by atoms with Crippen LogP contribution in [0.4, 0.5) is 0 Å². The number of Topliss-reactive ketones (excluding diaryl/α,β-unsaturated/α-hetero) is 2. The van der Waals surface area contributed by atoms with Crippen molar-refractivity contribution in [3.05, 3.63) is 41.5 Å². The number of carbonyl (C=O) groups is 2. The summed E-state index contributed by atoms with van der Waals surface area (Å²) in [5, 5.41) is 0. The normalized spacial score (nSPS) is 35.8. The highest BCUT2D eigenvalue weighted by Crippen LogP contribution is 2.55. The summed E-state index contributed by atoms with van der Waals surface area (Å²) in [5.41, 5.74) is 0.775. The molecular formula is C20H18O4. The number of hydrogen-bond donors (Lipinski definition) is 0. The summed E-state index contributed by atoms with van der Waals surface area (Å²) in [6.07, 6.45) is 3.55. The quantitative estimate of drug-likeness (QED) is 0.476. The van der Waals surface area contributed by atoms with E-state index < -0.39 is 17.4 Å². The molecule has 0 spiro atoms. The molecule has 1 aliphatic carbocycles. The number of rotatable bonds is 2. The van der Waals surface area contributed by atoms with Crippen molar-refractivity contribution < 1.29 is 19.1 Å². The van der Waals surface area contributed by atoms with E-state index in [-0.39, 0.29) is 23.6 Å². The SMILES string of the molecule is CC#Cc1ccc(C2C(=O)[C@H]3[C@@H]4C=C[C@@](C)(O4)[C@H]3C2=O)c(OC)c1. The third-order valence-electron chi connectivity index (χ3n) is 5.36. The molecule has 2 fully saturated rings. The second kappa shape index (κ2) is 5.06. The third-order valence-corrected chi connectivity index (χ3v) is 5.36. The molecular weight excluding hydrogens is 304 g/mol. The molecule has 2 aliphatic heterocycles. The van der Waals surface area contributed by atoms with Gasteiger partial charge in [-0.2, -0.15) is 0 Å². The summed E-state index contributed by atoms with van der Waals surface area (Å²) in [7, 11) is 1.54. The van der Waals surface area contributed by atoms with Crippen LogP contribution in [0.3, 0.4) is 0 Å². The Bertz CT molecular complexity index is 841. The summed E-state index contributed by atoms with van der Waals surface area (Å²) in [6.45, 7) is 3.65. The van der Waals surface area contributed by atoms with Gasteiger partial charge in [-0.3, -0.25) is 9.59 Å². The molecule has 0 aromatic heterocycles. The first-order chi connectivity index (χ1) is 11.5. The number of ether oxygens (including phenoxy) is 2. The number of benzene rings is 1. The van der Waals surface area contributed by atoms with E-state index in [1.165, 1.54) is 0 Å². The molecule has 4 nitrogen and oxygen atoms in total. The number of carbonyl (C=O) groups excluding carboxylic acids is 2. The van der Waals surface area contributed by atoms with Gasteiger partial charge in [0.25, 0.3) is 0 Å². The van der Waals surface area contributed by atoms with Gasteiger partial charge in [0.05, 0.1) is 30.7 Å². The maximum Gasteiger partial charge on any atom is 0.155 e. The molecule has 0 radical (unpaired) electrons. The van der Waals surface area contributed by atoms with Crippen molar-refractivity contribution in [2.75, 3.05) is 7.11 Å². The molecule has 4 heteroatoms. The van der Waals surface area contributed by atoms with Crippen LogP contribution in [0.5, 0.6) is 5.75 Å². The monoisotopic (exact) mass is 322 g/mol. The van der Waals surface area contributed by atoms with E-state index in [2.05, 4.69) is 11.8 Å². The van der Waals surface area contributed by atoms with E-state index in [1.54, 1.807) is 26.2 Å². The highest BCUT2D eigenvalue weighted by molar-refractivity contribution is 6.17. The van der Waals surface area contributed by atoms with Crippen molar-refractivity contribution in [1.29, 1.82) is 0 Å². The summed E-state index contributed by atoms with van der Waals surface area (Å²) >= 11 is 0. The zero-order chi connectivity index (χ0) is 17.1. The van der Waals surface area contributed by atoms with Crippen LogP contribution in [0.25, 0.3) is 0 Å². The summed E-state index contributed by atoms with van der Waals surface area (Å²) < 4.78 is 11.3. The van der Waals surface area contributed by atoms with Gasteiger partial charge in [0.15, 0.2) is 11.6 Å². The molecule has 1 saturated heterocycles. The smallest absolute Gasteiger partial charge is 0.155 e. The van der Waals surface area contributed by atoms with E-state index in [9.17, 15) is 9.59 Å². The van der Waals surface area contributed by atoms with Crippen LogP contribution in [0, 0.1) is 23.7 Å². The second-order valence-electron chi connectivity index (χ2n) is 6.70. The van der Waals surface area contributed by atoms with Gasteiger partial charge in [0.2, 0.25) is 0 Å². The van der Waals surface area contributed by atoms with Crippen LogP contribution >= 0.6 is 0 Å². The van der Waals surface area contributed by atoms with Crippen molar-refractivity contribution in [1.82, 2.24) is 0 Å². The third kappa shape index (κ3) is 1.85. The molecule has 0 amide bonds. The first kappa shape index (κ1) is 15.2. The van der Waals surface area contributed by atoms with E-state index in [0.29, 0.717) is 11.3 Å². The largest absolute Gasteiger partial charge is 0.496 e. The highest BCUT2D eigenvalue weighted by atomic mass is 16.5. The number of fused-ring (bicyclic) bond motifs is 5. The van der Waals surface area contributed by atoms with Gasteiger partial charge in [-0.15, -0.1) is 5.92 Å². The molecule has 1 aromatic carbocycles. The molecule has 2 heterocycles. The molecule has 3 aliphatic rings. The highest BCUT2D eigenvalue weighted by Gasteiger charge is 2.66. The number of methoxy groups -OCH3 is 1. The van der Waals surface area contributed by atoms with Gasteiger partial charge in [0, 0.05) is 11.1 Å². The van der Waals surface area contributed by atoms with Crippen molar-refractivity contribution >= 4 is 11.6 Å². The van der Waals surface area contributed by atoms with Gasteiger partial charge >= 0.3 is 0 Å². The fraction of sp³-hybridized carbons (Fsp3) is 0.400. The van der Waals surface area contributed by atoms with Crippen molar-refractivity contribution in [3.8, 4) is 17.6 Å². The average Bonchev–Trinajstić information content (AvgIpc) is 3.17. The first-order valence-electron chi connectivity index (χ1n) is 8.05. The van der Waals surface area contributed by atoms with Gasteiger partial charge < -0.3 is 9.47 Å². The minimum Gasteiger partial charge on any atom is -0.496 e. The molecule has 1 saturated carbocycles. The second-order valence-corrected chi connectivity index (χ2v) is 6.70. The minimum absolute atomic E-state index is 0.0595. The van der Waals surface area contributed by atoms with Crippen molar-refractivity contribution in [2.45, 2.75) is 31.5 Å². The van der Waals surface area contributed by atoms with E-state index in [4.69, 9.17) is 9.47 Å². The van der Waals surface area contributed by atoms with E-state index >= 15 is 0 Å². The fourth-order valence-corrected chi connectivity index (χ4v) is 4.35. The van der Waals surface area contributed by atoms with Gasteiger partial charge in [-0.05, 0) is 26.0 Å². The molecule has 4 rings (SSSR count). The maximum atomic E-state index is 13.1. The lowest BCUT2D eigenvalue weighted by atomic mass is 9.78. The molecule has 24 heavy (non-hydrogen) atoms. The van der Waals surface area contributed by atoms with Crippen LogP contribution in [-0.2, 0) is 14.3 Å². The molecule has 5 atom stereocenters. The fourth-order valence-electron chi connectivity index (χ4n) is 4.35. The summed E-state index contributed by atoms with van der Waals surface area (Å²) in [6, 6.07) is 5.40. The number of hydrogen-bond acceptors (Lipinski definition) is 4. The van der Waals surface area contributed by atoms with Crippen LogP contribution in [-0.4, -0.2) is 30.4 Å². The number of ketones is 2. The van der Waals surface area contributed by atoms with Crippen LogP contribution in [0.2, 0.25) is 0 Å². The lowest BCUT2D eigenvalue weighted by molar-refractivity contribution is -0.128. The van der Waals surface area contributed by atoms with Crippen LogP contribution < -0.4 is 4.74 Å². The van der Waals surface area contributed by atoms with E-state index in [0.717, 1.165) is 5.56 Å². The first-order valence-corrected chi connectivity index (χ1v) is 8.05. The Hall–Kier alpha value is -2.38. The standard InChI is InChI=1S/C20H18O4/c1-4-5-11-6-7-12(14(10-11)23-3)15-18(21)16-13-8-9-20(2,24-13)17(16)19(15)22/h6-10,13,15-17H,1-3H3/t13-,15?,16-,17+,20+/m0/s1. The Morgan fingerprint density at radius 2 is 2.04 bits per heavy atom. The Labute approximate surface area is 140 Å². The lowest BCUT2D eigenvalue weighted by Gasteiger charge is -2.24. The predicted molar refractivity (Wildman–Crippen MR) is 87.7 cm³/mol. The van der Waals surface area contributed by atoms with Crippen molar-refractivity contribution in [2.24, 2.45) is 11.8 Å². The summed E-state index contributed by atoms with van der Waals surface area (Å²) in [5.74, 6) is 4.66. The van der Waals surface area contributed by atoms with Crippen LogP contribution in [0.1, 0.15) is 30.9 Å². The zero-order valence-electron chi connectivity index (χ0n) is 13.8. The zero-order valence-corrected chi connectivity index (χ0v) is 13.8. The molecule has 2 bridgehead atoms. The van der Waals surface area contributed by atoms with Crippen LogP contribution in [0.15, 0.2) is 30.4 Å². The Balaban J connectivity index is 1.77. The molecule has 122 valence electrons. The Kier molecular flexibility index (Phi) is 3.20. The van der Waals surface area contributed by atoms with Gasteiger partial charge in [0.1, 0.15) is 11.7 Å². The minimum atomic E-state index is -0.774.